The van der Waals surface area contributed by atoms with E-state index in [4.69, 9.17) is 9.47 Å². The molecule has 1 heterocycles. The van der Waals surface area contributed by atoms with Crippen molar-refractivity contribution in [1.29, 1.82) is 0 Å². The van der Waals surface area contributed by atoms with Gasteiger partial charge in [-0.15, -0.1) is 0 Å². The summed E-state index contributed by atoms with van der Waals surface area (Å²) in [5, 5.41) is 0. The van der Waals surface area contributed by atoms with Crippen LogP contribution in [0.5, 0.6) is 11.5 Å². The van der Waals surface area contributed by atoms with Crippen LogP contribution in [0.2, 0.25) is 0 Å². The summed E-state index contributed by atoms with van der Waals surface area (Å²) in [6.07, 6.45) is -3.49. The van der Waals surface area contributed by atoms with Crippen molar-refractivity contribution in [2.24, 2.45) is 0 Å². The molecule has 1 aliphatic heterocycles. The first-order valence-corrected chi connectivity index (χ1v) is 8.98. The standard InChI is InChI=1S/C23H19F3O2/c1-14-3-5-16(6-4-14)20-13-17-9-12-19(15-7-10-18(27-2)11-8-15)21(24)22(17)28-23(20,25)26/h3-12,20H,13H2,1-2H3. The predicted octanol–water partition coefficient (Wildman–Crippen LogP) is 6.12. The Kier molecular flexibility index (Phi) is 4.53. The topological polar surface area (TPSA) is 18.5 Å². The summed E-state index contributed by atoms with van der Waals surface area (Å²) in [4.78, 5) is 0. The zero-order valence-electron chi connectivity index (χ0n) is 15.5. The number of rotatable bonds is 3. The number of methoxy groups -OCH3 is 1. The largest absolute Gasteiger partial charge is 0.497 e. The van der Waals surface area contributed by atoms with Crippen molar-refractivity contribution in [2.75, 3.05) is 7.11 Å². The van der Waals surface area contributed by atoms with Crippen molar-refractivity contribution in [2.45, 2.75) is 25.4 Å². The van der Waals surface area contributed by atoms with Crippen LogP contribution in [0.15, 0.2) is 60.7 Å². The van der Waals surface area contributed by atoms with Gasteiger partial charge >= 0.3 is 6.11 Å². The van der Waals surface area contributed by atoms with Gasteiger partial charge in [0.2, 0.25) is 0 Å². The van der Waals surface area contributed by atoms with E-state index in [0.717, 1.165) is 5.56 Å². The molecule has 0 amide bonds. The molecular formula is C23H19F3O2. The molecule has 3 aromatic carbocycles. The van der Waals surface area contributed by atoms with E-state index in [-0.39, 0.29) is 17.7 Å². The van der Waals surface area contributed by atoms with Crippen LogP contribution in [-0.4, -0.2) is 13.2 Å². The monoisotopic (exact) mass is 384 g/mol. The van der Waals surface area contributed by atoms with Crippen LogP contribution >= 0.6 is 0 Å². The number of hydrogen-bond donors (Lipinski definition) is 0. The molecule has 3 aromatic rings. The number of halogens is 3. The zero-order chi connectivity index (χ0) is 19.9. The molecule has 0 saturated carbocycles. The van der Waals surface area contributed by atoms with Crippen molar-refractivity contribution >= 4 is 0 Å². The average molecular weight is 384 g/mol. The van der Waals surface area contributed by atoms with E-state index in [2.05, 4.69) is 0 Å². The van der Waals surface area contributed by atoms with Crippen molar-refractivity contribution in [1.82, 2.24) is 0 Å². The molecule has 1 unspecified atom stereocenters. The van der Waals surface area contributed by atoms with Gasteiger partial charge in [0.15, 0.2) is 11.6 Å². The van der Waals surface area contributed by atoms with Gasteiger partial charge in [-0.3, -0.25) is 0 Å². The van der Waals surface area contributed by atoms with Gasteiger partial charge in [-0.1, -0.05) is 54.1 Å². The molecule has 28 heavy (non-hydrogen) atoms. The first-order chi connectivity index (χ1) is 13.4. The maximum absolute atomic E-state index is 15.1. The number of alkyl halides is 2. The number of ether oxygens (including phenoxy) is 2. The Hall–Kier alpha value is -2.95. The molecule has 4 rings (SSSR count). The van der Waals surface area contributed by atoms with Gasteiger partial charge in [0.05, 0.1) is 13.0 Å². The molecule has 0 spiro atoms. The lowest BCUT2D eigenvalue weighted by Gasteiger charge is -2.33. The van der Waals surface area contributed by atoms with Crippen LogP contribution in [0.25, 0.3) is 11.1 Å². The Morgan fingerprint density at radius 2 is 1.64 bits per heavy atom. The summed E-state index contributed by atoms with van der Waals surface area (Å²) in [7, 11) is 1.54. The van der Waals surface area contributed by atoms with Crippen LogP contribution in [-0.2, 0) is 6.42 Å². The summed E-state index contributed by atoms with van der Waals surface area (Å²) in [6.45, 7) is 1.89. The smallest absolute Gasteiger partial charge is 0.405 e. The fraction of sp³-hybridized carbons (Fsp3) is 0.217. The molecule has 1 aliphatic rings. The highest BCUT2D eigenvalue weighted by atomic mass is 19.3. The number of hydrogen-bond acceptors (Lipinski definition) is 2. The molecule has 0 N–H and O–H groups in total. The van der Waals surface area contributed by atoms with Gasteiger partial charge < -0.3 is 9.47 Å². The SMILES string of the molecule is COc1ccc(-c2ccc3c(c2F)OC(F)(F)C(c2ccc(C)cc2)C3)cc1. The summed E-state index contributed by atoms with van der Waals surface area (Å²) >= 11 is 0. The Balaban J connectivity index is 1.72. The highest BCUT2D eigenvalue weighted by molar-refractivity contribution is 5.68. The summed E-state index contributed by atoms with van der Waals surface area (Å²) in [6, 6.07) is 16.9. The fourth-order valence-electron chi connectivity index (χ4n) is 3.52. The number of benzene rings is 3. The van der Waals surface area contributed by atoms with E-state index in [1.807, 2.05) is 6.92 Å². The number of aryl methyl sites for hydroxylation is 1. The molecule has 0 fully saturated rings. The fourth-order valence-corrected chi connectivity index (χ4v) is 3.52. The normalized spacial score (nSPS) is 17.5. The molecule has 5 heteroatoms. The Labute approximate surface area is 161 Å². The van der Waals surface area contributed by atoms with Crippen molar-refractivity contribution < 1.29 is 22.6 Å². The molecule has 0 bridgehead atoms. The molecule has 0 aliphatic carbocycles. The van der Waals surface area contributed by atoms with Crippen molar-refractivity contribution in [3.63, 3.8) is 0 Å². The van der Waals surface area contributed by atoms with Gasteiger partial charge in [0.25, 0.3) is 0 Å². The third-order valence-electron chi connectivity index (χ3n) is 5.13. The predicted molar refractivity (Wildman–Crippen MR) is 102 cm³/mol. The van der Waals surface area contributed by atoms with Crippen LogP contribution in [0.3, 0.4) is 0 Å². The molecule has 0 radical (unpaired) electrons. The lowest BCUT2D eigenvalue weighted by molar-refractivity contribution is -0.203. The van der Waals surface area contributed by atoms with E-state index < -0.39 is 17.8 Å². The maximum atomic E-state index is 15.1. The summed E-state index contributed by atoms with van der Waals surface area (Å²) in [5.41, 5.74) is 2.67. The van der Waals surface area contributed by atoms with E-state index in [1.54, 1.807) is 60.7 Å². The molecular weight excluding hydrogens is 365 g/mol. The Bertz CT molecular complexity index is 996. The Morgan fingerprint density at radius 3 is 2.29 bits per heavy atom. The first kappa shape index (κ1) is 18.4. The molecule has 2 nitrogen and oxygen atoms in total. The lowest BCUT2D eigenvalue weighted by atomic mass is 9.87. The van der Waals surface area contributed by atoms with Crippen LogP contribution in [0.1, 0.15) is 22.6 Å². The molecule has 1 atom stereocenters. The second kappa shape index (κ2) is 6.89. The first-order valence-electron chi connectivity index (χ1n) is 8.98. The average Bonchev–Trinajstić information content (AvgIpc) is 2.69. The lowest BCUT2D eigenvalue weighted by Crippen LogP contribution is -2.38. The second-order valence-electron chi connectivity index (χ2n) is 6.98. The highest BCUT2D eigenvalue weighted by Gasteiger charge is 2.48. The van der Waals surface area contributed by atoms with E-state index >= 15 is 4.39 Å². The van der Waals surface area contributed by atoms with Gasteiger partial charge in [0.1, 0.15) is 5.75 Å². The minimum atomic E-state index is -3.50. The number of fused-ring (bicyclic) bond motifs is 1. The van der Waals surface area contributed by atoms with E-state index in [0.29, 0.717) is 22.4 Å². The third-order valence-corrected chi connectivity index (χ3v) is 5.13. The summed E-state index contributed by atoms with van der Waals surface area (Å²) < 4.78 is 54.6. The minimum Gasteiger partial charge on any atom is -0.497 e. The Morgan fingerprint density at radius 1 is 0.964 bits per heavy atom. The van der Waals surface area contributed by atoms with Crippen LogP contribution < -0.4 is 9.47 Å². The quantitative estimate of drug-likeness (QED) is 0.541. The van der Waals surface area contributed by atoms with Gasteiger partial charge in [0, 0.05) is 5.56 Å². The molecule has 0 saturated heterocycles. The molecule has 144 valence electrons. The van der Waals surface area contributed by atoms with E-state index in [1.165, 1.54) is 7.11 Å². The summed E-state index contributed by atoms with van der Waals surface area (Å²) in [5.74, 6) is -1.68. The van der Waals surface area contributed by atoms with Crippen LogP contribution in [0, 0.1) is 12.7 Å². The minimum absolute atomic E-state index is 0.00517. The molecule has 0 aromatic heterocycles. The maximum Gasteiger partial charge on any atom is 0.405 e. The second-order valence-corrected chi connectivity index (χ2v) is 6.98. The van der Waals surface area contributed by atoms with Crippen molar-refractivity contribution in [3.8, 4) is 22.6 Å². The zero-order valence-corrected chi connectivity index (χ0v) is 15.5. The van der Waals surface area contributed by atoms with Gasteiger partial charge in [-0.25, -0.2) is 4.39 Å². The van der Waals surface area contributed by atoms with E-state index in [9.17, 15) is 8.78 Å². The third kappa shape index (κ3) is 3.21. The van der Waals surface area contributed by atoms with Gasteiger partial charge in [-0.05, 0) is 42.2 Å². The van der Waals surface area contributed by atoms with Gasteiger partial charge in [-0.2, -0.15) is 8.78 Å². The van der Waals surface area contributed by atoms with Crippen LogP contribution in [0.4, 0.5) is 13.2 Å². The highest BCUT2D eigenvalue weighted by Crippen LogP contribution is 2.47. The van der Waals surface area contributed by atoms with Crippen molar-refractivity contribution in [3.05, 3.63) is 83.2 Å².